The number of alkyl halides is 1. The van der Waals surface area contributed by atoms with Crippen LogP contribution in [0.3, 0.4) is 0 Å². The van der Waals surface area contributed by atoms with Crippen molar-refractivity contribution >= 4 is 17.5 Å². The summed E-state index contributed by atoms with van der Waals surface area (Å²) in [5.41, 5.74) is 0. The zero-order valence-corrected chi connectivity index (χ0v) is 8.46. The normalized spacial score (nSPS) is 12.5. The summed E-state index contributed by atoms with van der Waals surface area (Å²) in [6.45, 7) is 2.10. The van der Waals surface area contributed by atoms with E-state index in [0.29, 0.717) is 17.9 Å². The summed E-state index contributed by atoms with van der Waals surface area (Å²) < 4.78 is 0. The molecule has 1 aromatic heterocycles. The first-order valence-electron chi connectivity index (χ1n) is 4.42. The second kappa shape index (κ2) is 5.75. The van der Waals surface area contributed by atoms with E-state index < -0.39 is 0 Å². The van der Waals surface area contributed by atoms with Gasteiger partial charge in [0.15, 0.2) is 0 Å². The molecule has 1 aromatic rings. The highest BCUT2D eigenvalue weighted by Gasteiger charge is 2.01. The molecule has 0 aromatic carbocycles. The van der Waals surface area contributed by atoms with Gasteiger partial charge in [0.1, 0.15) is 0 Å². The predicted molar refractivity (Wildman–Crippen MR) is 55.1 cm³/mol. The van der Waals surface area contributed by atoms with Crippen LogP contribution in [-0.4, -0.2) is 21.9 Å². The molecule has 1 rings (SSSR count). The van der Waals surface area contributed by atoms with Gasteiger partial charge in [-0.25, -0.2) is 9.97 Å². The summed E-state index contributed by atoms with van der Waals surface area (Å²) in [6.07, 6.45) is 5.51. The zero-order valence-electron chi connectivity index (χ0n) is 7.70. The molecule has 1 heterocycles. The predicted octanol–water partition coefficient (Wildman–Crippen LogP) is 2.30. The maximum Gasteiger partial charge on any atom is 0.222 e. The van der Waals surface area contributed by atoms with E-state index in [1.54, 1.807) is 18.5 Å². The first-order valence-corrected chi connectivity index (χ1v) is 4.96. The van der Waals surface area contributed by atoms with Gasteiger partial charge in [0, 0.05) is 24.3 Å². The molecule has 0 spiro atoms. The fourth-order valence-electron chi connectivity index (χ4n) is 1.05. The number of nitrogens with one attached hydrogen (secondary N) is 1. The van der Waals surface area contributed by atoms with E-state index >= 15 is 0 Å². The van der Waals surface area contributed by atoms with Crippen molar-refractivity contribution in [2.45, 2.75) is 25.8 Å². The molecule has 0 aliphatic carbocycles. The first-order chi connectivity index (χ1) is 6.33. The van der Waals surface area contributed by atoms with Gasteiger partial charge in [0.2, 0.25) is 5.95 Å². The lowest BCUT2D eigenvalue weighted by molar-refractivity contribution is 0.686. The monoisotopic (exact) mass is 199 g/mol. The summed E-state index contributed by atoms with van der Waals surface area (Å²) >= 11 is 5.59. The smallest absolute Gasteiger partial charge is 0.222 e. The van der Waals surface area contributed by atoms with E-state index in [4.69, 9.17) is 11.6 Å². The topological polar surface area (TPSA) is 37.8 Å². The van der Waals surface area contributed by atoms with Crippen LogP contribution in [0.15, 0.2) is 18.5 Å². The molecular weight excluding hydrogens is 186 g/mol. The molecular formula is C9H14ClN3. The molecule has 0 saturated heterocycles. The number of rotatable bonds is 5. The molecule has 0 saturated carbocycles. The Morgan fingerprint density at radius 3 is 2.77 bits per heavy atom. The minimum absolute atomic E-state index is 0.376. The second-order valence-electron chi connectivity index (χ2n) is 2.95. The SMILES string of the molecule is CC(CCCCl)Nc1ncccn1. The molecule has 0 aliphatic rings. The van der Waals surface area contributed by atoms with Crippen molar-refractivity contribution in [3.05, 3.63) is 18.5 Å². The minimum Gasteiger partial charge on any atom is -0.352 e. The number of nitrogens with zero attached hydrogens (tertiary/aromatic N) is 2. The van der Waals surface area contributed by atoms with Crippen molar-refractivity contribution in [2.24, 2.45) is 0 Å². The van der Waals surface area contributed by atoms with Crippen molar-refractivity contribution in [3.63, 3.8) is 0 Å². The summed E-state index contributed by atoms with van der Waals surface area (Å²) in [6, 6.07) is 2.18. The van der Waals surface area contributed by atoms with Gasteiger partial charge in [-0.05, 0) is 25.8 Å². The minimum atomic E-state index is 0.376. The molecule has 1 unspecified atom stereocenters. The highest BCUT2D eigenvalue weighted by atomic mass is 35.5. The fraction of sp³-hybridized carbons (Fsp3) is 0.556. The lowest BCUT2D eigenvalue weighted by Gasteiger charge is -2.11. The van der Waals surface area contributed by atoms with Crippen LogP contribution < -0.4 is 5.32 Å². The van der Waals surface area contributed by atoms with Crippen LogP contribution in [0, 0.1) is 0 Å². The van der Waals surface area contributed by atoms with Crippen molar-refractivity contribution in [3.8, 4) is 0 Å². The zero-order chi connectivity index (χ0) is 9.52. The molecule has 0 bridgehead atoms. The van der Waals surface area contributed by atoms with Crippen LogP contribution in [0.5, 0.6) is 0 Å². The average Bonchev–Trinajstić information content (AvgIpc) is 2.16. The number of anilines is 1. The van der Waals surface area contributed by atoms with Gasteiger partial charge in [0.25, 0.3) is 0 Å². The Morgan fingerprint density at radius 2 is 2.15 bits per heavy atom. The van der Waals surface area contributed by atoms with E-state index in [9.17, 15) is 0 Å². The van der Waals surface area contributed by atoms with Crippen LogP contribution in [0.25, 0.3) is 0 Å². The van der Waals surface area contributed by atoms with E-state index in [-0.39, 0.29) is 0 Å². The van der Waals surface area contributed by atoms with Gasteiger partial charge >= 0.3 is 0 Å². The van der Waals surface area contributed by atoms with E-state index in [1.807, 2.05) is 0 Å². The molecule has 1 N–H and O–H groups in total. The van der Waals surface area contributed by atoms with Gasteiger partial charge in [-0.2, -0.15) is 0 Å². The quantitative estimate of drug-likeness (QED) is 0.740. The molecule has 3 nitrogen and oxygen atoms in total. The molecule has 72 valence electrons. The van der Waals surface area contributed by atoms with Gasteiger partial charge in [-0.15, -0.1) is 11.6 Å². The summed E-state index contributed by atoms with van der Waals surface area (Å²) in [4.78, 5) is 8.14. The van der Waals surface area contributed by atoms with Crippen LogP contribution >= 0.6 is 11.6 Å². The lowest BCUT2D eigenvalue weighted by atomic mass is 10.2. The highest BCUT2D eigenvalue weighted by Crippen LogP contribution is 2.04. The standard InChI is InChI=1S/C9H14ClN3/c1-8(4-2-5-10)13-9-11-6-3-7-12-9/h3,6-8H,2,4-5H2,1H3,(H,11,12,13). The molecule has 0 fully saturated rings. The van der Waals surface area contributed by atoms with Gasteiger partial charge in [-0.1, -0.05) is 0 Å². The lowest BCUT2D eigenvalue weighted by Crippen LogP contribution is -2.16. The van der Waals surface area contributed by atoms with Crippen LogP contribution in [0.2, 0.25) is 0 Å². The first kappa shape index (κ1) is 10.3. The Morgan fingerprint density at radius 1 is 1.46 bits per heavy atom. The van der Waals surface area contributed by atoms with E-state index in [2.05, 4.69) is 22.2 Å². The molecule has 4 heteroatoms. The Balaban J connectivity index is 2.32. The van der Waals surface area contributed by atoms with Gasteiger partial charge in [0.05, 0.1) is 0 Å². The van der Waals surface area contributed by atoms with Crippen molar-refractivity contribution in [1.29, 1.82) is 0 Å². The number of hydrogen-bond donors (Lipinski definition) is 1. The number of halogens is 1. The van der Waals surface area contributed by atoms with Crippen molar-refractivity contribution in [1.82, 2.24) is 9.97 Å². The maximum absolute atomic E-state index is 5.59. The second-order valence-corrected chi connectivity index (χ2v) is 3.33. The highest BCUT2D eigenvalue weighted by molar-refractivity contribution is 6.17. The number of aromatic nitrogens is 2. The van der Waals surface area contributed by atoms with Crippen molar-refractivity contribution < 1.29 is 0 Å². The third-order valence-corrected chi connectivity index (χ3v) is 1.98. The Kier molecular flexibility index (Phi) is 4.54. The van der Waals surface area contributed by atoms with Gasteiger partial charge < -0.3 is 5.32 Å². The van der Waals surface area contributed by atoms with Crippen LogP contribution in [0.4, 0.5) is 5.95 Å². The molecule has 0 aliphatic heterocycles. The molecule has 0 radical (unpaired) electrons. The van der Waals surface area contributed by atoms with E-state index in [0.717, 1.165) is 12.8 Å². The Bertz CT molecular complexity index is 228. The molecule has 13 heavy (non-hydrogen) atoms. The fourth-order valence-corrected chi connectivity index (χ4v) is 1.20. The summed E-state index contributed by atoms with van der Waals surface area (Å²) in [5, 5.41) is 3.20. The number of hydrogen-bond acceptors (Lipinski definition) is 3. The largest absolute Gasteiger partial charge is 0.352 e. The third kappa shape index (κ3) is 4.08. The summed E-state index contributed by atoms with van der Waals surface area (Å²) in [7, 11) is 0. The van der Waals surface area contributed by atoms with Crippen molar-refractivity contribution in [2.75, 3.05) is 11.2 Å². The maximum atomic E-state index is 5.59. The average molecular weight is 200 g/mol. The van der Waals surface area contributed by atoms with Gasteiger partial charge in [-0.3, -0.25) is 0 Å². The molecule has 1 atom stereocenters. The Labute approximate surface area is 83.5 Å². The van der Waals surface area contributed by atoms with Crippen LogP contribution in [0.1, 0.15) is 19.8 Å². The Hall–Kier alpha value is -0.830. The van der Waals surface area contributed by atoms with E-state index in [1.165, 1.54) is 0 Å². The summed E-state index contributed by atoms with van der Waals surface area (Å²) in [5.74, 6) is 1.39. The third-order valence-electron chi connectivity index (χ3n) is 1.71. The van der Waals surface area contributed by atoms with Crippen LogP contribution in [-0.2, 0) is 0 Å². The molecule has 0 amide bonds.